The summed E-state index contributed by atoms with van der Waals surface area (Å²) in [4.78, 5) is 0. The molecule has 0 bridgehead atoms. The number of hydrogen-bond donors (Lipinski definition) is 1. The number of hydrogen-bond acceptors (Lipinski definition) is 2. The minimum atomic E-state index is -0.329. The largest absolute Gasteiger partial charge is 0.377 e. The van der Waals surface area contributed by atoms with Crippen molar-refractivity contribution in [1.29, 1.82) is 0 Å². The van der Waals surface area contributed by atoms with Crippen LogP contribution in [0.3, 0.4) is 0 Å². The molecule has 1 aromatic rings. The highest BCUT2D eigenvalue weighted by Crippen LogP contribution is 2.31. The van der Waals surface area contributed by atoms with Crippen molar-refractivity contribution in [2.45, 2.75) is 5.54 Å². The van der Waals surface area contributed by atoms with Crippen molar-refractivity contribution in [3.05, 3.63) is 33.3 Å². The van der Waals surface area contributed by atoms with E-state index in [2.05, 4.69) is 15.9 Å². The molecule has 1 saturated heterocycles. The van der Waals surface area contributed by atoms with Gasteiger partial charge in [0, 0.05) is 4.47 Å². The molecule has 0 unspecified atom stereocenters. The summed E-state index contributed by atoms with van der Waals surface area (Å²) in [6.07, 6.45) is 0. The van der Waals surface area contributed by atoms with Crippen molar-refractivity contribution in [2.24, 2.45) is 5.73 Å². The van der Waals surface area contributed by atoms with Crippen LogP contribution in [0.5, 0.6) is 0 Å². The van der Waals surface area contributed by atoms with E-state index in [1.165, 1.54) is 0 Å². The molecule has 0 radical (unpaired) electrons. The van der Waals surface area contributed by atoms with Gasteiger partial charge >= 0.3 is 0 Å². The van der Waals surface area contributed by atoms with E-state index in [-0.39, 0.29) is 5.54 Å². The monoisotopic (exact) mass is 261 g/mol. The highest BCUT2D eigenvalue weighted by molar-refractivity contribution is 9.10. The van der Waals surface area contributed by atoms with E-state index in [0.717, 1.165) is 10.0 Å². The first-order chi connectivity index (χ1) is 6.12. The summed E-state index contributed by atoms with van der Waals surface area (Å²) in [5, 5.41) is 0.689. The van der Waals surface area contributed by atoms with Gasteiger partial charge in [0.1, 0.15) is 0 Å². The van der Waals surface area contributed by atoms with E-state index < -0.39 is 0 Å². The molecule has 0 spiro atoms. The Morgan fingerprint density at radius 3 is 2.62 bits per heavy atom. The van der Waals surface area contributed by atoms with Gasteiger partial charge < -0.3 is 10.5 Å². The van der Waals surface area contributed by atoms with Gasteiger partial charge in [0.2, 0.25) is 0 Å². The van der Waals surface area contributed by atoms with Crippen LogP contribution in [0.2, 0.25) is 5.02 Å². The van der Waals surface area contributed by atoms with Crippen LogP contribution in [0.15, 0.2) is 22.7 Å². The first-order valence-electron chi connectivity index (χ1n) is 3.94. The van der Waals surface area contributed by atoms with E-state index in [1.54, 1.807) is 0 Å². The molecular weight excluding hydrogens is 253 g/mol. The maximum absolute atomic E-state index is 6.04. The number of ether oxygens (including phenoxy) is 1. The summed E-state index contributed by atoms with van der Waals surface area (Å²) in [6.45, 7) is 1.15. The van der Waals surface area contributed by atoms with Crippen molar-refractivity contribution in [3.63, 3.8) is 0 Å². The van der Waals surface area contributed by atoms with Crippen molar-refractivity contribution in [1.82, 2.24) is 0 Å². The molecule has 0 aromatic heterocycles. The molecule has 2 rings (SSSR count). The number of benzene rings is 1. The predicted octanol–water partition coefficient (Wildman–Crippen LogP) is 2.29. The van der Waals surface area contributed by atoms with Crippen molar-refractivity contribution in [2.75, 3.05) is 13.2 Å². The van der Waals surface area contributed by atoms with E-state index in [9.17, 15) is 0 Å². The number of rotatable bonds is 1. The van der Waals surface area contributed by atoms with E-state index in [0.29, 0.717) is 18.2 Å². The number of nitrogens with two attached hydrogens (primary N) is 1. The Bertz CT molecular complexity index is 338. The first kappa shape index (κ1) is 9.46. The van der Waals surface area contributed by atoms with E-state index in [1.807, 2.05) is 18.2 Å². The van der Waals surface area contributed by atoms with Crippen LogP contribution < -0.4 is 5.73 Å². The lowest BCUT2D eigenvalue weighted by Crippen LogP contribution is -2.54. The molecule has 0 saturated carbocycles. The van der Waals surface area contributed by atoms with Gasteiger partial charge in [0.05, 0.1) is 23.8 Å². The molecular formula is C9H9BrClNO. The van der Waals surface area contributed by atoms with Crippen molar-refractivity contribution < 1.29 is 4.74 Å². The molecule has 70 valence electrons. The molecule has 0 amide bonds. The lowest BCUT2D eigenvalue weighted by molar-refractivity contribution is -0.0569. The Morgan fingerprint density at radius 2 is 2.15 bits per heavy atom. The Morgan fingerprint density at radius 1 is 1.46 bits per heavy atom. The summed E-state index contributed by atoms with van der Waals surface area (Å²) in [5.41, 5.74) is 6.75. The van der Waals surface area contributed by atoms with E-state index in [4.69, 9.17) is 22.1 Å². The van der Waals surface area contributed by atoms with Gasteiger partial charge in [-0.15, -0.1) is 0 Å². The zero-order valence-electron chi connectivity index (χ0n) is 6.89. The van der Waals surface area contributed by atoms with Crippen LogP contribution >= 0.6 is 27.5 Å². The van der Waals surface area contributed by atoms with Gasteiger partial charge in [-0.2, -0.15) is 0 Å². The van der Waals surface area contributed by atoms with Gasteiger partial charge in [-0.1, -0.05) is 17.7 Å². The van der Waals surface area contributed by atoms with Crippen LogP contribution in [0.25, 0.3) is 0 Å². The Balaban J connectivity index is 2.36. The summed E-state index contributed by atoms with van der Waals surface area (Å²) in [6, 6.07) is 5.76. The first-order valence-corrected chi connectivity index (χ1v) is 5.11. The van der Waals surface area contributed by atoms with Gasteiger partial charge in [-0.25, -0.2) is 0 Å². The molecule has 0 atom stereocenters. The fourth-order valence-electron chi connectivity index (χ4n) is 1.29. The smallest absolute Gasteiger partial charge is 0.0884 e. The topological polar surface area (TPSA) is 35.2 Å². The minimum absolute atomic E-state index is 0.329. The SMILES string of the molecule is NC1(c2ccc(Br)c(Cl)c2)COC1. The molecule has 13 heavy (non-hydrogen) atoms. The van der Waals surface area contributed by atoms with Crippen LogP contribution in [0.4, 0.5) is 0 Å². The van der Waals surface area contributed by atoms with Crippen LogP contribution in [0, 0.1) is 0 Å². The molecule has 0 aliphatic carbocycles. The molecule has 2 nitrogen and oxygen atoms in total. The third kappa shape index (κ3) is 1.62. The zero-order chi connectivity index (χ0) is 9.47. The summed E-state index contributed by atoms with van der Waals surface area (Å²) in [7, 11) is 0. The second kappa shape index (κ2) is 3.24. The molecule has 1 aliphatic rings. The average Bonchev–Trinajstić information content (AvgIpc) is 2.06. The van der Waals surface area contributed by atoms with E-state index >= 15 is 0 Å². The fraction of sp³-hybridized carbons (Fsp3) is 0.333. The minimum Gasteiger partial charge on any atom is -0.377 e. The highest BCUT2D eigenvalue weighted by atomic mass is 79.9. The van der Waals surface area contributed by atoms with Crippen LogP contribution in [-0.2, 0) is 10.3 Å². The molecule has 1 aromatic carbocycles. The lowest BCUT2D eigenvalue weighted by Gasteiger charge is -2.38. The maximum Gasteiger partial charge on any atom is 0.0884 e. The fourth-order valence-corrected chi connectivity index (χ4v) is 1.72. The highest BCUT2D eigenvalue weighted by Gasteiger charge is 2.36. The zero-order valence-corrected chi connectivity index (χ0v) is 9.23. The standard InChI is InChI=1S/C9H9BrClNO/c10-7-2-1-6(3-8(7)11)9(12)4-13-5-9/h1-3H,4-5,12H2. The average molecular weight is 263 g/mol. The molecule has 1 aliphatic heterocycles. The van der Waals surface area contributed by atoms with Crippen LogP contribution in [-0.4, -0.2) is 13.2 Å². The third-order valence-electron chi connectivity index (χ3n) is 2.21. The van der Waals surface area contributed by atoms with Crippen LogP contribution in [0.1, 0.15) is 5.56 Å². The molecule has 4 heteroatoms. The van der Waals surface area contributed by atoms with Gasteiger partial charge in [-0.05, 0) is 33.6 Å². The van der Waals surface area contributed by atoms with Gasteiger partial charge in [0.15, 0.2) is 0 Å². The summed E-state index contributed by atoms with van der Waals surface area (Å²) in [5.74, 6) is 0. The van der Waals surface area contributed by atoms with Crippen molar-refractivity contribution in [3.8, 4) is 0 Å². The second-order valence-corrected chi connectivity index (χ2v) is 4.54. The normalized spacial score (nSPS) is 19.6. The summed E-state index contributed by atoms with van der Waals surface area (Å²) < 4.78 is 5.97. The third-order valence-corrected chi connectivity index (χ3v) is 3.45. The molecule has 1 fully saturated rings. The predicted molar refractivity (Wildman–Crippen MR) is 55.8 cm³/mol. The molecule has 2 N–H and O–H groups in total. The Kier molecular flexibility index (Phi) is 2.36. The quantitative estimate of drug-likeness (QED) is 0.843. The maximum atomic E-state index is 6.04. The second-order valence-electron chi connectivity index (χ2n) is 3.28. The Labute approximate surface area is 90.1 Å². The van der Waals surface area contributed by atoms with Crippen molar-refractivity contribution >= 4 is 27.5 Å². The summed E-state index contributed by atoms with van der Waals surface area (Å²) >= 11 is 9.29. The molecule has 1 heterocycles. The lowest BCUT2D eigenvalue weighted by atomic mass is 9.89. The Hall–Kier alpha value is -0.0900. The van der Waals surface area contributed by atoms with Gasteiger partial charge in [-0.3, -0.25) is 0 Å². The van der Waals surface area contributed by atoms with Gasteiger partial charge in [0.25, 0.3) is 0 Å². The number of halogens is 2.